The summed E-state index contributed by atoms with van der Waals surface area (Å²) in [5.74, 6) is 0.0883. The van der Waals surface area contributed by atoms with Gasteiger partial charge in [0.15, 0.2) is 0 Å². The van der Waals surface area contributed by atoms with Crippen molar-refractivity contribution in [2.24, 2.45) is 0 Å². The van der Waals surface area contributed by atoms with Crippen molar-refractivity contribution in [3.8, 4) is 6.07 Å². The van der Waals surface area contributed by atoms with Crippen molar-refractivity contribution >= 4 is 23.3 Å². The molecule has 3 aromatic rings. The predicted molar refractivity (Wildman–Crippen MR) is 101 cm³/mol. The minimum absolute atomic E-state index is 0.117. The van der Waals surface area contributed by atoms with Crippen molar-refractivity contribution in [3.63, 3.8) is 0 Å². The summed E-state index contributed by atoms with van der Waals surface area (Å²) in [7, 11) is 0. The molecule has 7 heteroatoms. The van der Waals surface area contributed by atoms with E-state index in [9.17, 15) is 10.1 Å². The SMILES string of the molecule is Cc1nc(SCC(=O)NCc2cn3ccccc3n2)c(C#N)c(C)c1C. The van der Waals surface area contributed by atoms with Gasteiger partial charge in [0, 0.05) is 18.1 Å². The molecule has 0 atom stereocenters. The van der Waals surface area contributed by atoms with Crippen LogP contribution in [0.1, 0.15) is 28.1 Å². The number of amides is 1. The number of nitriles is 1. The zero-order chi connectivity index (χ0) is 18.7. The standard InChI is InChI=1S/C19H19N5OS/c1-12-13(2)16(8-20)19(22-14(12)3)26-11-18(25)21-9-15-10-24-7-5-4-6-17(24)23-15/h4-7,10H,9,11H2,1-3H3,(H,21,25). The fourth-order valence-corrected chi connectivity index (χ4v) is 3.51. The van der Waals surface area contributed by atoms with Gasteiger partial charge in [-0.15, -0.1) is 0 Å². The zero-order valence-electron chi connectivity index (χ0n) is 14.9. The number of nitrogens with zero attached hydrogens (tertiary/aromatic N) is 4. The maximum atomic E-state index is 12.2. The average Bonchev–Trinajstić information content (AvgIpc) is 3.06. The molecule has 132 valence electrons. The fraction of sp³-hybridized carbons (Fsp3) is 0.263. The lowest BCUT2D eigenvalue weighted by Crippen LogP contribution is -2.24. The molecule has 0 unspecified atom stereocenters. The molecule has 26 heavy (non-hydrogen) atoms. The lowest BCUT2D eigenvalue weighted by Gasteiger charge is -2.11. The number of carbonyl (C=O) groups is 1. The average molecular weight is 365 g/mol. The Morgan fingerprint density at radius 1 is 1.27 bits per heavy atom. The lowest BCUT2D eigenvalue weighted by atomic mass is 10.1. The van der Waals surface area contributed by atoms with E-state index in [1.807, 2.05) is 55.8 Å². The molecule has 0 aromatic carbocycles. The van der Waals surface area contributed by atoms with Crippen molar-refractivity contribution in [2.75, 3.05) is 5.75 Å². The van der Waals surface area contributed by atoms with Gasteiger partial charge in [-0.25, -0.2) is 9.97 Å². The Kier molecular flexibility index (Phi) is 5.24. The molecular formula is C19H19N5OS. The molecule has 3 rings (SSSR count). The van der Waals surface area contributed by atoms with Crippen LogP contribution in [0.4, 0.5) is 0 Å². The summed E-state index contributed by atoms with van der Waals surface area (Å²) < 4.78 is 1.91. The molecule has 0 radical (unpaired) electrons. The van der Waals surface area contributed by atoms with Crippen LogP contribution >= 0.6 is 11.8 Å². The molecule has 0 saturated heterocycles. The predicted octanol–water partition coefficient (Wildman–Crippen LogP) is 2.93. The monoisotopic (exact) mass is 365 g/mol. The van der Waals surface area contributed by atoms with Crippen molar-refractivity contribution in [1.29, 1.82) is 5.26 Å². The van der Waals surface area contributed by atoms with Gasteiger partial charge >= 0.3 is 0 Å². The van der Waals surface area contributed by atoms with Crippen LogP contribution in [0.25, 0.3) is 5.65 Å². The van der Waals surface area contributed by atoms with E-state index in [0.717, 1.165) is 28.2 Å². The first-order valence-electron chi connectivity index (χ1n) is 8.19. The Bertz CT molecular complexity index is 986. The molecular weight excluding hydrogens is 346 g/mol. The van der Waals surface area contributed by atoms with Gasteiger partial charge in [-0.2, -0.15) is 5.26 Å². The molecule has 1 N–H and O–H groups in total. The third kappa shape index (κ3) is 3.70. The van der Waals surface area contributed by atoms with Gasteiger partial charge in [0.05, 0.1) is 23.6 Å². The topological polar surface area (TPSA) is 83.1 Å². The van der Waals surface area contributed by atoms with E-state index in [2.05, 4.69) is 21.4 Å². The van der Waals surface area contributed by atoms with Crippen molar-refractivity contribution in [3.05, 3.63) is 58.7 Å². The van der Waals surface area contributed by atoms with Crippen LogP contribution < -0.4 is 5.32 Å². The molecule has 3 aromatic heterocycles. The van der Waals surface area contributed by atoms with Crippen LogP contribution in [0.3, 0.4) is 0 Å². The number of carbonyl (C=O) groups excluding carboxylic acids is 1. The fourth-order valence-electron chi connectivity index (χ4n) is 2.59. The van der Waals surface area contributed by atoms with E-state index in [-0.39, 0.29) is 11.7 Å². The van der Waals surface area contributed by atoms with E-state index in [0.29, 0.717) is 17.1 Å². The highest BCUT2D eigenvalue weighted by atomic mass is 32.2. The summed E-state index contributed by atoms with van der Waals surface area (Å²) >= 11 is 1.29. The number of rotatable bonds is 5. The number of hydrogen-bond acceptors (Lipinski definition) is 5. The number of thioether (sulfide) groups is 1. The Labute approximate surface area is 156 Å². The summed E-state index contributed by atoms with van der Waals surface area (Å²) in [6, 6.07) is 7.97. The minimum Gasteiger partial charge on any atom is -0.350 e. The molecule has 0 saturated carbocycles. The van der Waals surface area contributed by atoms with Crippen molar-refractivity contribution in [1.82, 2.24) is 19.7 Å². The molecule has 1 amide bonds. The van der Waals surface area contributed by atoms with Gasteiger partial charge in [0.2, 0.25) is 5.91 Å². The normalized spacial score (nSPS) is 10.7. The van der Waals surface area contributed by atoms with Crippen LogP contribution in [0.5, 0.6) is 0 Å². The number of nitrogens with one attached hydrogen (secondary N) is 1. The highest BCUT2D eigenvalue weighted by molar-refractivity contribution is 8.00. The first-order valence-corrected chi connectivity index (χ1v) is 9.18. The van der Waals surface area contributed by atoms with Gasteiger partial charge in [-0.1, -0.05) is 17.8 Å². The highest BCUT2D eigenvalue weighted by Crippen LogP contribution is 2.26. The summed E-state index contributed by atoms with van der Waals surface area (Å²) in [6.07, 6.45) is 3.81. The van der Waals surface area contributed by atoms with Gasteiger partial charge < -0.3 is 9.72 Å². The third-order valence-corrected chi connectivity index (χ3v) is 5.27. The number of pyridine rings is 2. The number of hydrogen-bond donors (Lipinski definition) is 1. The van der Waals surface area contributed by atoms with Crippen molar-refractivity contribution < 1.29 is 4.79 Å². The second kappa shape index (κ2) is 7.58. The second-order valence-corrected chi connectivity index (χ2v) is 6.97. The minimum atomic E-state index is -0.117. The lowest BCUT2D eigenvalue weighted by molar-refractivity contribution is -0.118. The molecule has 3 heterocycles. The van der Waals surface area contributed by atoms with Gasteiger partial charge in [0.1, 0.15) is 16.7 Å². The molecule has 0 aliphatic carbocycles. The zero-order valence-corrected chi connectivity index (χ0v) is 15.7. The first-order chi connectivity index (χ1) is 12.5. The highest BCUT2D eigenvalue weighted by Gasteiger charge is 2.14. The molecule has 0 spiro atoms. The van der Waals surface area contributed by atoms with E-state index in [1.165, 1.54) is 11.8 Å². The quantitative estimate of drug-likeness (QED) is 0.703. The van der Waals surface area contributed by atoms with Crippen LogP contribution in [0.2, 0.25) is 0 Å². The number of aryl methyl sites for hydroxylation is 1. The first kappa shape index (κ1) is 18.0. The largest absolute Gasteiger partial charge is 0.350 e. The van der Waals surface area contributed by atoms with Gasteiger partial charge in [-0.05, 0) is 44.0 Å². The van der Waals surface area contributed by atoms with E-state index in [1.54, 1.807) is 0 Å². The second-order valence-electron chi connectivity index (χ2n) is 6.00. The smallest absolute Gasteiger partial charge is 0.230 e. The van der Waals surface area contributed by atoms with E-state index >= 15 is 0 Å². The van der Waals surface area contributed by atoms with Crippen LogP contribution in [-0.2, 0) is 11.3 Å². The van der Waals surface area contributed by atoms with E-state index in [4.69, 9.17) is 0 Å². The molecule has 0 bridgehead atoms. The Morgan fingerprint density at radius 3 is 2.81 bits per heavy atom. The van der Waals surface area contributed by atoms with Crippen molar-refractivity contribution in [2.45, 2.75) is 32.3 Å². The number of aromatic nitrogens is 3. The summed E-state index contributed by atoms with van der Waals surface area (Å²) in [6.45, 7) is 6.15. The van der Waals surface area contributed by atoms with Crippen LogP contribution in [-0.4, -0.2) is 26.0 Å². The Balaban J connectivity index is 1.62. The molecule has 0 aliphatic rings. The molecule has 0 fully saturated rings. The molecule has 6 nitrogen and oxygen atoms in total. The number of imidazole rings is 1. The summed E-state index contributed by atoms with van der Waals surface area (Å²) in [4.78, 5) is 21.1. The summed E-state index contributed by atoms with van der Waals surface area (Å²) in [5, 5.41) is 12.9. The molecule has 0 aliphatic heterocycles. The van der Waals surface area contributed by atoms with Gasteiger partial charge in [0.25, 0.3) is 0 Å². The maximum absolute atomic E-state index is 12.2. The number of fused-ring (bicyclic) bond motifs is 1. The summed E-state index contributed by atoms with van der Waals surface area (Å²) in [5.41, 5.74) is 5.02. The maximum Gasteiger partial charge on any atom is 0.230 e. The Hall–Kier alpha value is -2.85. The van der Waals surface area contributed by atoms with Crippen LogP contribution in [0.15, 0.2) is 35.6 Å². The van der Waals surface area contributed by atoms with Crippen LogP contribution in [0, 0.1) is 32.1 Å². The van der Waals surface area contributed by atoms with E-state index < -0.39 is 0 Å². The third-order valence-electron chi connectivity index (χ3n) is 4.30. The Morgan fingerprint density at radius 2 is 2.08 bits per heavy atom. The van der Waals surface area contributed by atoms with Gasteiger partial charge in [-0.3, -0.25) is 4.79 Å².